The van der Waals surface area contributed by atoms with Gasteiger partial charge in [-0.2, -0.15) is 0 Å². The fraction of sp³-hybridized carbons (Fsp3) is 0.400. The molecule has 0 bridgehead atoms. The molecule has 0 saturated carbocycles. The average Bonchev–Trinajstić information content (AvgIpc) is 2.07. The van der Waals surface area contributed by atoms with E-state index in [-0.39, 0.29) is 0 Å². The molecule has 11 heavy (non-hydrogen) atoms. The van der Waals surface area contributed by atoms with Crippen molar-refractivity contribution >= 4 is 0 Å². The van der Waals surface area contributed by atoms with E-state index in [4.69, 9.17) is 4.74 Å². The lowest BCUT2D eigenvalue weighted by molar-refractivity contribution is 0.308. The summed E-state index contributed by atoms with van der Waals surface area (Å²) in [7, 11) is 1.59. The van der Waals surface area contributed by atoms with Crippen molar-refractivity contribution in [1.82, 2.24) is 0 Å². The maximum absolute atomic E-state index is 4.80. The van der Waals surface area contributed by atoms with Gasteiger partial charge in [-0.05, 0) is 18.6 Å². The fourth-order valence-corrected chi connectivity index (χ4v) is 0.372. The Bertz CT molecular complexity index is 143. The molecule has 0 radical (unpaired) electrons. The smallest absolute Gasteiger partial charge is 0.111 e. The van der Waals surface area contributed by atoms with Gasteiger partial charge in [-0.25, -0.2) is 0 Å². The molecule has 0 rings (SSSR count). The molecule has 0 amide bonds. The topological polar surface area (TPSA) is 9.23 Å². The third-order valence-corrected chi connectivity index (χ3v) is 0.973. The number of hydrogen-bond donors (Lipinski definition) is 0. The molecule has 0 N–H and O–H groups in total. The summed E-state index contributed by atoms with van der Waals surface area (Å²) in [6.45, 7) is 13.1. The second-order valence-corrected chi connectivity index (χ2v) is 1.76. The summed E-state index contributed by atoms with van der Waals surface area (Å²) >= 11 is 0. The normalized spacial score (nSPS) is 9.27. The van der Waals surface area contributed by atoms with E-state index < -0.39 is 0 Å². The Labute approximate surface area is 70.1 Å². The van der Waals surface area contributed by atoms with Gasteiger partial charge in [-0.3, -0.25) is 0 Å². The monoisotopic (exact) mass is 154 g/mol. The molecule has 0 aliphatic heterocycles. The van der Waals surface area contributed by atoms with E-state index >= 15 is 0 Å². The van der Waals surface area contributed by atoms with E-state index in [1.807, 2.05) is 26.8 Å². The lowest BCUT2D eigenvalue weighted by Crippen LogP contribution is -1.78. The van der Waals surface area contributed by atoms with Gasteiger partial charge in [0, 0.05) is 0 Å². The van der Waals surface area contributed by atoms with Crippen molar-refractivity contribution < 1.29 is 4.74 Å². The maximum atomic E-state index is 4.80. The van der Waals surface area contributed by atoms with Crippen molar-refractivity contribution in [2.45, 2.75) is 20.8 Å². The largest absolute Gasteiger partial charge is 0.497 e. The Kier molecular flexibility index (Phi) is 10.4. The van der Waals surface area contributed by atoms with Gasteiger partial charge >= 0.3 is 0 Å². The average molecular weight is 154 g/mol. The van der Waals surface area contributed by atoms with Crippen molar-refractivity contribution in [2.75, 3.05) is 7.11 Å². The summed E-state index contributed by atoms with van der Waals surface area (Å²) in [6.07, 6.45) is 3.58. The molecule has 0 heterocycles. The SMILES string of the molecule is C=C/C(C)=C\C(=C)OC.CC. The third-order valence-electron chi connectivity index (χ3n) is 0.973. The summed E-state index contributed by atoms with van der Waals surface area (Å²) in [4.78, 5) is 0. The van der Waals surface area contributed by atoms with Gasteiger partial charge < -0.3 is 4.74 Å². The van der Waals surface area contributed by atoms with Gasteiger partial charge in [-0.15, -0.1) is 0 Å². The second kappa shape index (κ2) is 9.02. The van der Waals surface area contributed by atoms with E-state index in [9.17, 15) is 0 Å². The molecule has 0 spiro atoms. The molecule has 0 aromatic heterocycles. The molecule has 0 aromatic rings. The Balaban J connectivity index is 0. The summed E-state index contributed by atoms with van der Waals surface area (Å²) in [5, 5.41) is 0. The molecule has 0 saturated heterocycles. The lowest BCUT2D eigenvalue weighted by Gasteiger charge is -1.96. The van der Waals surface area contributed by atoms with Crippen LogP contribution in [0.3, 0.4) is 0 Å². The van der Waals surface area contributed by atoms with Crippen LogP contribution in [-0.4, -0.2) is 7.11 Å². The fourth-order valence-electron chi connectivity index (χ4n) is 0.372. The van der Waals surface area contributed by atoms with Crippen LogP contribution in [0.1, 0.15) is 20.8 Å². The number of ether oxygens (including phenoxy) is 1. The first-order valence-corrected chi connectivity index (χ1v) is 3.74. The van der Waals surface area contributed by atoms with Crippen LogP contribution in [0, 0.1) is 0 Å². The number of hydrogen-bond acceptors (Lipinski definition) is 1. The summed E-state index contributed by atoms with van der Waals surface area (Å²) in [5.74, 6) is 0.660. The summed E-state index contributed by atoms with van der Waals surface area (Å²) in [6, 6.07) is 0. The minimum atomic E-state index is 0.660. The van der Waals surface area contributed by atoms with Crippen molar-refractivity contribution in [3.63, 3.8) is 0 Å². The Morgan fingerprint density at radius 1 is 1.36 bits per heavy atom. The zero-order valence-corrected chi connectivity index (χ0v) is 7.98. The first-order chi connectivity index (χ1) is 5.20. The molecule has 0 fully saturated rings. The first kappa shape index (κ1) is 12.7. The summed E-state index contributed by atoms with van der Waals surface area (Å²) < 4.78 is 4.80. The van der Waals surface area contributed by atoms with Gasteiger partial charge in [-0.1, -0.05) is 33.1 Å². The molecule has 1 nitrogen and oxygen atoms in total. The van der Waals surface area contributed by atoms with E-state index in [0.717, 1.165) is 5.57 Å². The van der Waals surface area contributed by atoms with Crippen LogP contribution in [-0.2, 0) is 4.74 Å². The molecule has 0 unspecified atom stereocenters. The molecule has 64 valence electrons. The van der Waals surface area contributed by atoms with Crippen molar-refractivity contribution in [3.05, 3.63) is 36.6 Å². The van der Waals surface area contributed by atoms with E-state index in [1.54, 1.807) is 13.2 Å². The molecule has 0 aliphatic carbocycles. The molecule has 0 aliphatic rings. The number of allylic oxidation sites excluding steroid dienone is 3. The van der Waals surface area contributed by atoms with Crippen molar-refractivity contribution in [1.29, 1.82) is 0 Å². The summed E-state index contributed by atoms with van der Waals surface area (Å²) in [5.41, 5.74) is 1.06. The minimum absolute atomic E-state index is 0.660. The van der Waals surface area contributed by atoms with Crippen LogP contribution in [0.15, 0.2) is 36.6 Å². The van der Waals surface area contributed by atoms with Gasteiger partial charge in [0.15, 0.2) is 0 Å². The predicted molar refractivity (Wildman–Crippen MR) is 51.5 cm³/mol. The van der Waals surface area contributed by atoms with Crippen LogP contribution < -0.4 is 0 Å². The van der Waals surface area contributed by atoms with Crippen molar-refractivity contribution in [3.8, 4) is 0 Å². The van der Waals surface area contributed by atoms with Crippen LogP contribution in [0.25, 0.3) is 0 Å². The Morgan fingerprint density at radius 2 is 1.82 bits per heavy atom. The van der Waals surface area contributed by atoms with Gasteiger partial charge in [0.05, 0.1) is 7.11 Å². The van der Waals surface area contributed by atoms with Crippen molar-refractivity contribution in [2.24, 2.45) is 0 Å². The zero-order chi connectivity index (χ0) is 9.28. The first-order valence-electron chi connectivity index (χ1n) is 3.74. The number of rotatable bonds is 3. The van der Waals surface area contributed by atoms with Gasteiger partial charge in [0.1, 0.15) is 5.76 Å². The lowest BCUT2D eigenvalue weighted by atomic mass is 10.3. The maximum Gasteiger partial charge on any atom is 0.111 e. The standard InChI is InChI=1S/C8H12O.C2H6/c1-5-7(2)6-8(3)9-4;1-2/h5-6H,1,3H2,2,4H3;1-2H3/b7-6-;. The quantitative estimate of drug-likeness (QED) is 0.447. The van der Waals surface area contributed by atoms with Crippen LogP contribution >= 0.6 is 0 Å². The molecular weight excluding hydrogens is 136 g/mol. The highest BCUT2D eigenvalue weighted by Crippen LogP contribution is 1.99. The zero-order valence-electron chi connectivity index (χ0n) is 7.98. The van der Waals surface area contributed by atoms with E-state index in [2.05, 4.69) is 13.2 Å². The van der Waals surface area contributed by atoms with E-state index in [0.29, 0.717) is 5.76 Å². The molecular formula is C10H18O. The van der Waals surface area contributed by atoms with Gasteiger partial charge in [0.2, 0.25) is 0 Å². The highest BCUT2D eigenvalue weighted by atomic mass is 16.5. The Morgan fingerprint density at radius 3 is 2.09 bits per heavy atom. The van der Waals surface area contributed by atoms with E-state index in [1.165, 1.54) is 0 Å². The molecule has 0 atom stereocenters. The third kappa shape index (κ3) is 9.02. The van der Waals surface area contributed by atoms with Gasteiger partial charge in [0.25, 0.3) is 0 Å². The molecule has 0 aromatic carbocycles. The highest BCUT2D eigenvalue weighted by molar-refractivity contribution is 5.21. The van der Waals surface area contributed by atoms with Crippen LogP contribution in [0.5, 0.6) is 0 Å². The predicted octanol–water partition coefficient (Wildman–Crippen LogP) is 3.31. The second-order valence-electron chi connectivity index (χ2n) is 1.76. The van der Waals surface area contributed by atoms with Crippen LogP contribution in [0.4, 0.5) is 0 Å². The highest BCUT2D eigenvalue weighted by Gasteiger charge is 1.83. The molecule has 1 heteroatoms. The minimum Gasteiger partial charge on any atom is -0.497 e. The Hall–Kier alpha value is -0.980. The van der Waals surface area contributed by atoms with Crippen LogP contribution in [0.2, 0.25) is 0 Å². The number of methoxy groups -OCH3 is 1.